The lowest BCUT2D eigenvalue weighted by Crippen LogP contribution is -2.27. The van der Waals surface area contributed by atoms with E-state index in [1.165, 1.54) is 22.2 Å². The van der Waals surface area contributed by atoms with Crippen molar-refractivity contribution in [3.8, 4) is 0 Å². The van der Waals surface area contributed by atoms with E-state index >= 15 is 0 Å². The van der Waals surface area contributed by atoms with Crippen LogP contribution in [-0.2, 0) is 17.6 Å². The molecular formula is C16H19N3O2S2. The first-order valence-corrected chi connectivity index (χ1v) is 9.87. The molecule has 122 valence electrons. The molecule has 1 saturated carbocycles. The Kier molecular flexibility index (Phi) is 3.93. The smallest absolute Gasteiger partial charge is 0.260 e. The van der Waals surface area contributed by atoms with E-state index in [9.17, 15) is 9.59 Å². The van der Waals surface area contributed by atoms with Crippen molar-refractivity contribution in [1.82, 2.24) is 15.3 Å². The summed E-state index contributed by atoms with van der Waals surface area (Å²) in [6, 6.07) is 0.364. The molecule has 1 fully saturated rings. The molecule has 0 bridgehead atoms. The van der Waals surface area contributed by atoms with Gasteiger partial charge in [-0.3, -0.25) is 9.59 Å². The van der Waals surface area contributed by atoms with Crippen LogP contribution in [0.1, 0.15) is 36.6 Å². The molecule has 2 N–H and O–H groups in total. The van der Waals surface area contributed by atoms with Crippen LogP contribution in [0.2, 0.25) is 0 Å². The molecule has 2 aliphatic rings. The molecule has 2 aliphatic carbocycles. The van der Waals surface area contributed by atoms with Crippen molar-refractivity contribution in [2.75, 3.05) is 5.75 Å². The molecule has 0 saturated heterocycles. The summed E-state index contributed by atoms with van der Waals surface area (Å²) in [4.78, 5) is 33.8. The molecule has 1 amide bonds. The minimum Gasteiger partial charge on any atom is -0.353 e. The normalized spacial score (nSPS) is 20.5. The van der Waals surface area contributed by atoms with Gasteiger partial charge in [-0.1, -0.05) is 18.7 Å². The van der Waals surface area contributed by atoms with E-state index in [1.54, 1.807) is 11.3 Å². The summed E-state index contributed by atoms with van der Waals surface area (Å²) in [5.41, 5.74) is 1.13. The molecule has 0 aromatic carbocycles. The molecule has 7 heteroatoms. The first-order chi connectivity index (χ1) is 11.1. The molecule has 2 aromatic heterocycles. The SMILES string of the molecule is C[C@@H]1CCc2c(sc3nc(SCC(=O)NC4CC4)[nH]c(=O)c23)C1. The van der Waals surface area contributed by atoms with Crippen LogP contribution in [0.5, 0.6) is 0 Å². The second-order valence-corrected chi connectivity index (χ2v) is 8.58. The molecular weight excluding hydrogens is 330 g/mol. The van der Waals surface area contributed by atoms with E-state index in [2.05, 4.69) is 22.2 Å². The number of aryl methyl sites for hydroxylation is 1. The average molecular weight is 349 g/mol. The summed E-state index contributed by atoms with van der Waals surface area (Å²) in [5, 5.41) is 4.25. The van der Waals surface area contributed by atoms with Crippen LogP contribution >= 0.6 is 23.1 Å². The predicted molar refractivity (Wildman–Crippen MR) is 93.3 cm³/mol. The van der Waals surface area contributed by atoms with E-state index in [4.69, 9.17) is 0 Å². The molecule has 2 aromatic rings. The number of H-pyrrole nitrogens is 1. The van der Waals surface area contributed by atoms with Crippen molar-refractivity contribution in [3.63, 3.8) is 0 Å². The van der Waals surface area contributed by atoms with Gasteiger partial charge < -0.3 is 10.3 Å². The van der Waals surface area contributed by atoms with E-state index in [-0.39, 0.29) is 11.5 Å². The summed E-state index contributed by atoms with van der Waals surface area (Å²) in [7, 11) is 0. The van der Waals surface area contributed by atoms with Gasteiger partial charge in [0, 0.05) is 10.9 Å². The first-order valence-electron chi connectivity index (χ1n) is 8.07. The number of amides is 1. The second kappa shape index (κ2) is 5.94. The number of carbonyl (C=O) groups excluding carboxylic acids is 1. The van der Waals surface area contributed by atoms with Crippen LogP contribution in [0.15, 0.2) is 9.95 Å². The van der Waals surface area contributed by atoms with E-state index < -0.39 is 0 Å². The lowest BCUT2D eigenvalue weighted by atomic mass is 9.89. The number of aromatic amines is 1. The maximum absolute atomic E-state index is 12.4. The number of thioether (sulfide) groups is 1. The van der Waals surface area contributed by atoms with Gasteiger partial charge in [-0.25, -0.2) is 4.98 Å². The van der Waals surface area contributed by atoms with Crippen LogP contribution < -0.4 is 10.9 Å². The quantitative estimate of drug-likeness (QED) is 0.657. The highest BCUT2D eigenvalue weighted by atomic mass is 32.2. The van der Waals surface area contributed by atoms with Crippen LogP contribution in [0.3, 0.4) is 0 Å². The summed E-state index contributed by atoms with van der Waals surface area (Å²) >= 11 is 2.94. The Morgan fingerprint density at radius 2 is 2.26 bits per heavy atom. The molecule has 4 rings (SSSR count). The number of hydrogen-bond acceptors (Lipinski definition) is 5. The van der Waals surface area contributed by atoms with Gasteiger partial charge in [-0.05, 0) is 43.6 Å². The lowest BCUT2D eigenvalue weighted by Gasteiger charge is -2.17. The Morgan fingerprint density at radius 1 is 1.43 bits per heavy atom. The molecule has 0 spiro atoms. The molecule has 0 unspecified atom stereocenters. The van der Waals surface area contributed by atoms with E-state index in [0.717, 1.165) is 42.3 Å². The number of nitrogens with zero attached hydrogens (tertiary/aromatic N) is 1. The summed E-state index contributed by atoms with van der Waals surface area (Å²) in [5.74, 6) is 0.988. The van der Waals surface area contributed by atoms with Gasteiger partial charge in [0.25, 0.3) is 5.56 Å². The van der Waals surface area contributed by atoms with Gasteiger partial charge in [0.15, 0.2) is 5.16 Å². The summed E-state index contributed by atoms with van der Waals surface area (Å²) < 4.78 is 0. The molecule has 5 nitrogen and oxygen atoms in total. The van der Waals surface area contributed by atoms with Gasteiger partial charge in [-0.15, -0.1) is 11.3 Å². The Bertz CT molecular complexity index is 823. The lowest BCUT2D eigenvalue weighted by molar-refractivity contribution is -0.118. The molecule has 0 radical (unpaired) electrons. The molecule has 1 atom stereocenters. The third-order valence-corrected chi connectivity index (χ3v) is 6.45. The van der Waals surface area contributed by atoms with Gasteiger partial charge >= 0.3 is 0 Å². The highest BCUT2D eigenvalue weighted by molar-refractivity contribution is 7.99. The van der Waals surface area contributed by atoms with Crippen molar-refractivity contribution in [2.24, 2.45) is 5.92 Å². The average Bonchev–Trinajstić information content (AvgIpc) is 3.23. The van der Waals surface area contributed by atoms with Crippen molar-refractivity contribution in [1.29, 1.82) is 0 Å². The maximum atomic E-state index is 12.4. The highest BCUT2D eigenvalue weighted by Crippen LogP contribution is 2.36. The summed E-state index contributed by atoms with van der Waals surface area (Å²) in [6.45, 7) is 2.25. The van der Waals surface area contributed by atoms with E-state index in [0.29, 0.717) is 22.9 Å². The highest BCUT2D eigenvalue weighted by Gasteiger charge is 2.24. The Morgan fingerprint density at radius 3 is 3.04 bits per heavy atom. The Balaban J connectivity index is 1.57. The Hall–Kier alpha value is -1.34. The third-order valence-electron chi connectivity index (χ3n) is 4.43. The van der Waals surface area contributed by atoms with Crippen molar-refractivity contribution in [3.05, 3.63) is 20.8 Å². The number of carbonyl (C=O) groups is 1. The minimum absolute atomic E-state index is 0.0135. The van der Waals surface area contributed by atoms with Gasteiger partial charge in [0.1, 0.15) is 4.83 Å². The number of nitrogens with one attached hydrogen (secondary N) is 2. The fourth-order valence-corrected chi connectivity index (χ4v) is 5.14. The molecule has 0 aliphatic heterocycles. The van der Waals surface area contributed by atoms with Crippen molar-refractivity contribution < 1.29 is 4.79 Å². The van der Waals surface area contributed by atoms with Crippen LogP contribution in [0.25, 0.3) is 10.2 Å². The minimum atomic E-state index is -0.0628. The largest absolute Gasteiger partial charge is 0.353 e. The van der Waals surface area contributed by atoms with Gasteiger partial charge in [0.05, 0.1) is 11.1 Å². The van der Waals surface area contributed by atoms with Gasteiger partial charge in [0.2, 0.25) is 5.91 Å². The standard InChI is InChI=1S/C16H19N3O2S2/c1-8-2-5-10-11(6-8)23-15-13(10)14(21)18-16(19-15)22-7-12(20)17-9-3-4-9/h8-9H,2-7H2,1H3,(H,17,20)(H,18,19,21)/t8-/m1/s1. The number of hydrogen-bond donors (Lipinski definition) is 2. The zero-order valence-electron chi connectivity index (χ0n) is 13.0. The molecule has 2 heterocycles. The van der Waals surface area contributed by atoms with Crippen molar-refractivity contribution >= 4 is 39.2 Å². The van der Waals surface area contributed by atoms with Crippen LogP contribution in [-0.4, -0.2) is 27.7 Å². The van der Waals surface area contributed by atoms with Crippen molar-refractivity contribution in [2.45, 2.75) is 50.2 Å². The zero-order chi connectivity index (χ0) is 16.0. The van der Waals surface area contributed by atoms with Gasteiger partial charge in [-0.2, -0.15) is 0 Å². The fraction of sp³-hybridized carbons (Fsp3) is 0.562. The second-order valence-electron chi connectivity index (χ2n) is 6.53. The predicted octanol–water partition coefficient (Wildman–Crippen LogP) is 2.48. The Labute approximate surface area is 142 Å². The van der Waals surface area contributed by atoms with E-state index in [1.807, 2.05) is 0 Å². The number of thiophene rings is 1. The topological polar surface area (TPSA) is 74.8 Å². The summed E-state index contributed by atoms with van der Waals surface area (Å²) in [6.07, 6.45) is 5.31. The first kappa shape index (κ1) is 15.2. The van der Waals surface area contributed by atoms with Crippen LogP contribution in [0, 0.1) is 5.92 Å². The zero-order valence-corrected chi connectivity index (χ0v) is 14.6. The number of aromatic nitrogens is 2. The number of rotatable bonds is 4. The monoisotopic (exact) mass is 349 g/mol. The van der Waals surface area contributed by atoms with Crippen LogP contribution in [0.4, 0.5) is 0 Å². The fourth-order valence-electron chi connectivity index (χ4n) is 3.03. The maximum Gasteiger partial charge on any atom is 0.260 e. The number of fused-ring (bicyclic) bond motifs is 3. The molecule has 23 heavy (non-hydrogen) atoms. The third kappa shape index (κ3) is 3.17.